The molecule has 0 bridgehead atoms. The van der Waals surface area contributed by atoms with Gasteiger partial charge in [0, 0.05) is 4.88 Å². The summed E-state index contributed by atoms with van der Waals surface area (Å²) in [5, 5.41) is 3.73. The molecule has 0 spiro atoms. The van der Waals surface area contributed by atoms with Crippen molar-refractivity contribution in [2.75, 3.05) is 25.0 Å². The summed E-state index contributed by atoms with van der Waals surface area (Å²) in [6, 6.07) is 0. The first-order valence-corrected chi connectivity index (χ1v) is 8.05. The molecule has 1 aliphatic rings. The number of amides is 1. The van der Waals surface area contributed by atoms with E-state index in [1.165, 1.54) is 29.8 Å². The lowest BCUT2D eigenvalue weighted by atomic mass is 10.2. The topological polar surface area (TPSA) is 45.2 Å². The molecule has 0 atom stereocenters. The number of nitrogens with one attached hydrogen (secondary N) is 1. The quantitative estimate of drug-likeness (QED) is 0.844. The Morgan fingerprint density at radius 3 is 2.74 bits per heavy atom. The average Bonchev–Trinajstić information content (AvgIpc) is 2.64. The SMILES string of the molecule is CCN(CC)CC(=O)Nc1nc2c(s1)CCCCC2. The van der Waals surface area contributed by atoms with Gasteiger partial charge in [-0.3, -0.25) is 9.69 Å². The van der Waals surface area contributed by atoms with E-state index in [4.69, 9.17) is 0 Å². The molecule has 0 saturated carbocycles. The molecule has 1 aliphatic carbocycles. The van der Waals surface area contributed by atoms with Gasteiger partial charge < -0.3 is 5.32 Å². The van der Waals surface area contributed by atoms with E-state index < -0.39 is 0 Å². The number of likely N-dealkylation sites (N-methyl/N-ethyl adjacent to an activating group) is 1. The van der Waals surface area contributed by atoms with Crippen molar-refractivity contribution in [2.45, 2.75) is 46.0 Å². The molecule has 1 amide bonds. The minimum atomic E-state index is 0.0487. The number of anilines is 1. The van der Waals surface area contributed by atoms with Crippen LogP contribution in [0.25, 0.3) is 0 Å². The van der Waals surface area contributed by atoms with Crippen molar-refractivity contribution < 1.29 is 4.79 Å². The predicted molar refractivity (Wildman–Crippen MR) is 79.8 cm³/mol. The van der Waals surface area contributed by atoms with E-state index >= 15 is 0 Å². The average molecular weight is 281 g/mol. The van der Waals surface area contributed by atoms with Crippen molar-refractivity contribution in [1.82, 2.24) is 9.88 Å². The van der Waals surface area contributed by atoms with E-state index in [9.17, 15) is 4.79 Å². The minimum Gasteiger partial charge on any atom is -0.301 e. The zero-order valence-electron chi connectivity index (χ0n) is 11.9. The Morgan fingerprint density at radius 2 is 2.00 bits per heavy atom. The van der Waals surface area contributed by atoms with E-state index in [1.54, 1.807) is 11.3 Å². The zero-order chi connectivity index (χ0) is 13.7. The van der Waals surface area contributed by atoms with Gasteiger partial charge in [-0.05, 0) is 38.8 Å². The number of aromatic nitrogens is 1. The predicted octanol–water partition coefficient (Wildman–Crippen LogP) is 2.69. The number of rotatable bonds is 5. The normalized spacial score (nSPS) is 15.1. The Kier molecular flexibility index (Phi) is 5.34. The Balaban J connectivity index is 1.94. The third kappa shape index (κ3) is 4.01. The van der Waals surface area contributed by atoms with Crippen LogP contribution >= 0.6 is 11.3 Å². The second-order valence-corrected chi connectivity index (χ2v) is 6.04. The smallest absolute Gasteiger partial charge is 0.240 e. The van der Waals surface area contributed by atoms with Crippen LogP contribution in [0, 0.1) is 0 Å². The van der Waals surface area contributed by atoms with Crippen LogP contribution in [-0.2, 0) is 17.6 Å². The van der Waals surface area contributed by atoms with Gasteiger partial charge in [0.1, 0.15) is 0 Å². The van der Waals surface area contributed by atoms with E-state index in [2.05, 4.69) is 29.0 Å². The number of hydrogen-bond donors (Lipinski definition) is 1. The Bertz CT molecular complexity index is 403. The highest BCUT2D eigenvalue weighted by atomic mass is 32.1. The van der Waals surface area contributed by atoms with Gasteiger partial charge in [0.25, 0.3) is 0 Å². The lowest BCUT2D eigenvalue weighted by molar-refractivity contribution is -0.117. The maximum absolute atomic E-state index is 11.9. The standard InChI is InChI=1S/C14H23N3OS/c1-3-17(4-2)10-13(18)16-14-15-11-8-6-5-7-9-12(11)19-14/h3-10H2,1-2H3,(H,15,16,18). The first-order valence-electron chi connectivity index (χ1n) is 7.23. The summed E-state index contributed by atoms with van der Waals surface area (Å²) < 4.78 is 0. The molecule has 5 heteroatoms. The van der Waals surface area contributed by atoms with Crippen LogP contribution in [-0.4, -0.2) is 35.4 Å². The summed E-state index contributed by atoms with van der Waals surface area (Å²) in [5.41, 5.74) is 1.21. The minimum absolute atomic E-state index is 0.0487. The van der Waals surface area contributed by atoms with Crippen molar-refractivity contribution in [3.63, 3.8) is 0 Å². The summed E-state index contributed by atoms with van der Waals surface area (Å²) in [6.07, 6.45) is 5.97. The highest BCUT2D eigenvalue weighted by molar-refractivity contribution is 7.15. The van der Waals surface area contributed by atoms with Crippen molar-refractivity contribution in [3.8, 4) is 0 Å². The molecular weight excluding hydrogens is 258 g/mol. The van der Waals surface area contributed by atoms with Gasteiger partial charge in [-0.2, -0.15) is 0 Å². The molecule has 0 saturated heterocycles. The summed E-state index contributed by atoms with van der Waals surface area (Å²) >= 11 is 1.66. The molecule has 4 nitrogen and oxygen atoms in total. The third-order valence-corrected chi connectivity index (χ3v) is 4.68. The number of nitrogens with zero attached hydrogens (tertiary/aromatic N) is 2. The Hall–Kier alpha value is -0.940. The summed E-state index contributed by atoms with van der Waals surface area (Å²) in [7, 11) is 0. The Labute approximate surface area is 119 Å². The second kappa shape index (κ2) is 7.01. The fourth-order valence-corrected chi connectivity index (χ4v) is 3.46. The highest BCUT2D eigenvalue weighted by Gasteiger charge is 2.16. The van der Waals surface area contributed by atoms with Crippen LogP contribution in [0.4, 0.5) is 5.13 Å². The van der Waals surface area contributed by atoms with Gasteiger partial charge >= 0.3 is 0 Å². The molecule has 1 aromatic heterocycles. The highest BCUT2D eigenvalue weighted by Crippen LogP contribution is 2.28. The van der Waals surface area contributed by atoms with Crippen LogP contribution < -0.4 is 5.32 Å². The summed E-state index contributed by atoms with van der Waals surface area (Å²) in [5.74, 6) is 0.0487. The molecule has 0 aromatic carbocycles. The van der Waals surface area contributed by atoms with E-state index in [0.29, 0.717) is 6.54 Å². The van der Waals surface area contributed by atoms with Crippen molar-refractivity contribution in [3.05, 3.63) is 10.6 Å². The lowest BCUT2D eigenvalue weighted by Crippen LogP contribution is -2.32. The van der Waals surface area contributed by atoms with Crippen molar-refractivity contribution in [1.29, 1.82) is 0 Å². The summed E-state index contributed by atoms with van der Waals surface area (Å²) in [4.78, 5) is 20.0. The fraction of sp³-hybridized carbons (Fsp3) is 0.714. The van der Waals surface area contributed by atoms with E-state index in [1.807, 2.05) is 0 Å². The number of hydrogen-bond acceptors (Lipinski definition) is 4. The van der Waals surface area contributed by atoms with Crippen LogP contribution in [0.3, 0.4) is 0 Å². The van der Waals surface area contributed by atoms with Crippen LogP contribution in [0.15, 0.2) is 0 Å². The second-order valence-electron chi connectivity index (χ2n) is 4.96. The van der Waals surface area contributed by atoms with Crippen molar-refractivity contribution in [2.24, 2.45) is 0 Å². The van der Waals surface area contributed by atoms with Gasteiger partial charge in [-0.15, -0.1) is 11.3 Å². The zero-order valence-corrected chi connectivity index (χ0v) is 12.7. The molecule has 1 N–H and O–H groups in total. The number of thiazole rings is 1. The molecular formula is C14H23N3OS. The van der Waals surface area contributed by atoms with Gasteiger partial charge in [0.15, 0.2) is 5.13 Å². The molecule has 0 unspecified atom stereocenters. The lowest BCUT2D eigenvalue weighted by Gasteiger charge is -2.16. The van der Waals surface area contributed by atoms with Gasteiger partial charge in [-0.1, -0.05) is 20.3 Å². The monoisotopic (exact) mass is 281 g/mol. The molecule has 1 heterocycles. The molecule has 0 fully saturated rings. The molecule has 0 aliphatic heterocycles. The summed E-state index contributed by atoms with van der Waals surface area (Å²) in [6.45, 7) is 6.40. The van der Waals surface area contributed by atoms with Gasteiger partial charge in [0.2, 0.25) is 5.91 Å². The van der Waals surface area contributed by atoms with Crippen molar-refractivity contribution >= 4 is 22.4 Å². The first-order chi connectivity index (χ1) is 9.22. The van der Waals surface area contributed by atoms with Gasteiger partial charge in [0.05, 0.1) is 12.2 Å². The number of carbonyl (C=O) groups excluding carboxylic acids is 1. The molecule has 2 rings (SSSR count). The molecule has 0 radical (unpaired) electrons. The largest absolute Gasteiger partial charge is 0.301 e. The van der Waals surface area contributed by atoms with E-state index in [0.717, 1.165) is 31.1 Å². The number of carbonyl (C=O) groups is 1. The maximum Gasteiger partial charge on any atom is 0.240 e. The molecule has 1 aromatic rings. The molecule has 106 valence electrons. The number of fused-ring (bicyclic) bond motifs is 1. The fourth-order valence-electron chi connectivity index (χ4n) is 2.39. The van der Waals surface area contributed by atoms with Crippen LogP contribution in [0.2, 0.25) is 0 Å². The van der Waals surface area contributed by atoms with Crippen LogP contribution in [0.1, 0.15) is 43.7 Å². The number of aryl methyl sites for hydroxylation is 2. The molecule has 19 heavy (non-hydrogen) atoms. The third-order valence-electron chi connectivity index (χ3n) is 3.60. The Morgan fingerprint density at radius 1 is 1.26 bits per heavy atom. The maximum atomic E-state index is 11.9. The first kappa shape index (κ1) is 14.5. The van der Waals surface area contributed by atoms with Gasteiger partial charge in [-0.25, -0.2) is 4.98 Å². The van der Waals surface area contributed by atoms with E-state index in [-0.39, 0.29) is 5.91 Å². The van der Waals surface area contributed by atoms with Crippen LogP contribution in [0.5, 0.6) is 0 Å².